The van der Waals surface area contributed by atoms with Gasteiger partial charge in [0.2, 0.25) is 5.91 Å². The standard InChI is InChI=1S/C17H21N3O3/c21-13-5-6-14(18-11-13)15(22)20-10-2-8-17(20)7-1-9-19(16(17)23)12-3-4-12/h5-6,11-12,21H,1-4,7-10H2. The van der Waals surface area contributed by atoms with E-state index in [-0.39, 0.29) is 17.6 Å². The molecule has 122 valence electrons. The van der Waals surface area contributed by atoms with Crippen molar-refractivity contribution < 1.29 is 14.7 Å². The zero-order chi connectivity index (χ0) is 16.0. The van der Waals surface area contributed by atoms with Gasteiger partial charge in [0.25, 0.3) is 5.91 Å². The van der Waals surface area contributed by atoms with Crippen LogP contribution < -0.4 is 0 Å². The van der Waals surface area contributed by atoms with Crippen LogP contribution in [0.5, 0.6) is 5.75 Å². The van der Waals surface area contributed by atoms with Gasteiger partial charge in [-0.05, 0) is 50.7 Å². The van der Waals surface area contributed by atoms with Crippen molar-refractivity contribution >= 4 is 11.8 Å². The van der Waals surface area contributed by atoms with Gasteiger partial charge in [-0.15, -0.1) is 0 Å². The third-order valence-corrected chi connectivity index (χ3v) is 5.34. The number of hydrogen-bond donors (Lipinski definition) is 1. The Balaban J connectivity index is 1.63. The summed E-state index contributed by atoms with van der Waals surface area (Å²) in [4.78, 5) is 33.7. The lowest BCUT2D eigenvalue weighted by atomic mass is 9.85. The molecule has 1 spiro atoms. The van der Waals surface area contributed by atoms with Crippen LogP contribution in [0, 0.1) is 0 Å². The van der Waals surface area contributed by atoms with Crippen molar-refractivity contribution in [2.45, 2.75) is 50.1 Å². The number of piperidine rings is 1. The summed E-state index contributed by atoms with van der Waals surface area (Å²) in [6.07, 6.45) is 6.76. The number of carbonyl (C=O) groups is 2. The zero-order valence-corrected chi connectivity index (χ0v) is 13.1. The first kappa shape index (κ1) is 14.5. The Hall–Kier alpha value is -2.11. The summed E-state index contributed by atoms with van der Waals surface area (Å²) in [6, 6.07) is 3.38. The SMILES string of the molecule is O=C(c1ccc(O)cn1)N1CCCC12CCCN(C1CC1)C2=O. The van der Waals surface area contributed by atoms with Crippen LogP contribution in [0.2, 0.25) is 0 Å². The first-order valence-corrected chi connectivity index (χ1v) is 8.40. The maximum absolute atomic E-state index is 13.1. The summed E-state index contributed by atoms with van der Waals surface area (Å²) >= 11 is 0. The second-order valence-electron chi connectivity index (χ2n) is 6.83. The molecule has 1 saturated carbocycles. The van der Waals surface area contributed by atoms with Gasteiger partial charge >= 0.3 is 0 Å². The molecular weight excluding hydrogens is 294 g/mol. The van der Waals surface area contributed by atoms with Crippen LogP contribution in [-0.2, 0) is 4.79 Å². The van der Waals surface area contributed by atoms with E-state index in [4.69, 9.17) is 0 Å². The number of amides is 2. The molecule has 6 nitrogen and oxygen atoms in total. The largest absolute Gasteiger partial charge is 0.506 e. The minimum atomic E-state index is -0.669. The molecule has 1 unspecified atom stereocenters. The molecule has 3 fully saturated rings. The number of aromatic hydroxyl groups is 1. The molecular formula is C17H21N3O3. The maximum Gasteiger partial charge on any atom is 0.273 e. The van der Waals surface area contributed by atoms with Crippen molar-refractivity contribution in [2.75, 3.05) is 13.1 Å². The Kier molecular flexibility index (Phi) is 3.28. The van der Waals surface area contributed by atoms with Crippen LogP contribution in [0.4, 0.5) is 0 Å². The van der Waals surface area contributed by atoms with Crippen LogP contribution in [0.3, 0.4) is 0 Å². The lowest BCUT2D eigenvalue weighted by Crippen LogP contribution is -2.61. The van der Waals surface area contributed by atoms with E-state index >= 15 is 0 Å². The lowest BCUT2D eigenvalue weighted by Gasteiger charge is -2.44. The first-order chi connectivity index (χ1) is 11.1. The second-order valence-corrected chi connectivity index (χ2v) is 6.83. The molecule has 1 atom stereocenters. The zero-order valence-electron chi connectivity index (χ0n) is 13.1. The Morgan fingerprint density at radius 3 is 2.61 bits per heavy atom. The summed E-state index contributed by atoms with van der Waals surface area (Å²) in [5.74, 6) is -0.0317. The van der Waals surface area contributed by atoms with E-state index < -0.39 is 5.54 Å². The molecule has 0 radical (unpaired) electrons. The van der Waals surface area contributed by atoms with Gasteiger partial charge in [-0.2, -0.15) is 0 Å². The average Bonchev–Trinajstić information content (AvgIpc) is 3.31. The molecule has 1 N–H and O–H groups in total. The molecule has 3 aliphatic rings. The maximum atomic E-state index is 13.1. The summed E-state index contributed by atoms with van der Waals surface area (Å²) in [6.45, 7) is 1.43. The van der Waals surface area contributed by atoms with Gasteiger partial charge in [-0.25, -0.2) is 4.98 Å². The third-order valence-electron chi connectivity index (χ3n) is 5.34. The Morgan fingerprint density at radius 1 is 1.22 bits per heavy atom. The fourth-order valence-corrected chi connectivity index (χ4v) is 4.06. The molecule has 23 heavy (non-hydrogen) atoms. The highest BCUT2D eigenvalue weighted by Gasteiger charge is 2.54. The molecule has 0 bridgehead atoms. The van der Waals surface area contributed by atoms with Crippen molar-refractivity contribution in [3.05, 3.63) is 24.0 Å². The highest BCUT2D eigenvalue weighted by atomic mass is 16.3. The lowest BCUT2D eigenvalue weighted by molar-refractivity contribution is -0.146. The molecule has 2 saturated heterocycles. The van der Waals surface area contributed by atoms with E-state index in [1.165, 1.54) is 18.3 Å². The molecule has 4 rings (SSSR count). The van der Waals surface area contributed by atoms with Crippen LogP contribution in [0.1, 0.15) is 49.0 Å². The Morgan fingerprint density at radius 2 is 1.96 bits per heavy atom. The van der Waals surface area contributed by atoms with Crippen molar-refractivity contribution in [1.82, 2.24) is 14.8 Å². The predicted molar refractivity (Wildman–Crippen MR) is 82.9 cm³/mol. The summed E-state index contributed by atoms with van der Waals surface area (Å²) in [5, 5.41) is 9.34. The number of hydrogen-bond acceptors (Lipinski definition) is 4. The van der Waals surface area contributed by atoms with E-state index in [1.54, 1.807) is 4.90 Å². The highest BCUT2D eigenvalue weighted by Crippen LogP contribution is 2.42. The monoisotopic (exact) mass is 315 g/mol. The van der Waals surface area contributed by atoms with Gasteiger partial charge in [0.15, 0.2) is 0 Å². The van der Waals surface area contributed by atoms with E-state index in [1.807, 2.05) is 4.90 Å². The Bertz CT molecular complexity index is 641. The van der Waals surface area contributed by atoms with E-state index in [9.17, 15) is 14.7 Å². The van der Waals surface area contributed by atoms with Gasteiger partial charge in [-0.1, -0.05) is 0 Å². The smallest absolute Gasteiger partial charge is 0.273 e. The van der Waals surface area contributed by atoms with Gasteiger partial charge < -0.3 is 14.9 Å². The number of rotatable bonds is 2. The van der Waals surface area contributed by atoms with Gasteiger partial charge in [0.1, 0.15) is 17.0 Å². The second kappa shape index (κ2) is 5.22. The number of likely N-dealkylation sites (tertiary alicyclic amines) is 2. The molecule has 2 amide bonds. The minimum Gasteiger partial charge on any atom is -0.506 e. The summed E-state index contributed by atoms with van der Waals surface area (Å²) < 4.78 is 0. The van der Waals surface area contributed by atoms with Crippen molar-refractivity contribution in [2.24, 2.45) is 0 Å². The fourth-order valence-electron chi connectivity index (χ4n) is 4.06. The first-order valence-electron chi connectivity index (χ1n) is 8.40. The average molecular weight is 315 g/mol. The van der Waals surface area contributed by atoms with Gasteiger partial charge in [0, 0.05) is 19.1 Å². The summed E-state index contributed by atoms with van der Waals surface area (Å²) in [5.41, 5.74) is -0.377. The van der Waals surface area contributed by atoms with Crippen LogP contribution >= 0.6 is 0 Å². The predicted octanol–water partition coefficient (Wildman–Crippen LogP) is 1.55. The topological polar surface area (TPSA) is 73.7 Å². The molecule has 1 aromatic rings. The molecule has 1 aliphatic carbocycles. The third kappa shape index (κ3) is 2.28. The van der Waals surface area contributed by atoms with Gasteiger partial charge in [0.05, 0.1) is 6.20 Å². The minimum absolute atomic E-state index is 0.0336. The van der Waals surface area contributed by atoms with Crippen LogP contribution in [0.25, 0.3) is 0 Å². The van der Waals surface area contributed by atoms with E-state index in [0.717, 1.165) is 45.1 Å². The van der Waals surface area contributed by atoms with Crippen LogP contribution in [0.15, 0.2) is 18.3 Å². The number of pyridine rings is 1. The Labute approximate surface area is 135 Å². The molecule has 0 aromatic carbocycles. The van der Waals surface area contributed by atoms with E-state index in [0.29, 0.717) is 18.3 Å². The molecule has 2 aliphatic heterocycles. The molecule has 3 heterocycles. The van der Waals surface area contributed by atoms with Crippen LogP contribution in [-0.4, -0.2) is 56.4 Å². The molecule has 6 heteroatoms. The molecule has 1 aromatic heterocycles. The van der Waals surface area contributed by atoms with Gasteiger partial charge in [-0.3, -0.25) is 9.59 Å². The van der Waals surface area contributed by atoms with E-state index in [2.05, 4.69) is 4.98 Å². The van der Waals surface area contributed by atoms with Crippen molar-refractivity contribution in [1.29, 1.82) is 0 Å². The van der Waals surface area contributed by atoms with Crippen molar-refractivity contribution in [3.8, 4) is 5.75 Å². The number of carbonyl (C=O) groups excluding carboxylic acids is 2. The number of nitrogens with zero attached hydrogens (tertiary/aromatic N) is 3. The number of aromatic nitrogens is 1. The quantitative estimate of drug-likeness (QED) is 0.898. The van der Waals surface area contributed by atoms with Crippen molar-refractivity contribution in [3.63, 3.8) is 0 Å². The fraction of sp³-hybridized carbons (Fsp3) is 0.588. The summed E-state index contributed by atoms with van der Waals surface area (Å²) in [7, 11) is 0. The highest BCUT2D eigenvalue weighted by molar-refractivity contribution is 5.99. The normalized spacial score (nSPS) is 27.7.